The Hall–Kier alpha value is -2.70. The minimum atomic E-state index is -0.821. The van der Waals surface area contributed by atoms with Crippen molar-refractivity contribution in [1.29, 1.82) is 0 Å². The molecule has 3 N–H and O–H groups in total. The van der Waals surface area contributed by atoms with E-state index in [0.29, 0.717) is 19.3 Å². The lowest BCUT2D eigenvalue weighted by atomic mass is 10.0. The molecule has 0 saturated heterocycles. The largest absolute Gasteiger partial charge is 0.458 e. The maximum atomic E-state index is 13.2. The quantitative estimate of drug-likeness (QED) is 0.0321. The van der Waals surface area contributed by atoms with E-state index in [1.165, 1.54) is 161 Å². The smallest absolute Gasteiger partial charge is 0.306 e. The van der Waals surface area contributed by atoms with Gasteiger partial charge in [0.15, 0.2) is 0 Å². The summed E-state index contributed by atoms with van der Waals surface area (Å²) in [4.78, 5) is 26.2. The lowest BCUT2D eigenvalue weighted by molar-refractivity contribution is -0.148. The predicted molar refractivity (Wildman–Crippen MR) is 291 cm³/mol. The SMILES string of the molecule is CC/C=C\C/C=C\C/C=C\C/C=C\C/C=C\C/C=C\C(CC(=O)NC(CO)C(O)CCCCCCCCCCCCCC)OC(=O)CCCCCCCCCCCCCCCCCCCCC. The fraction of sp³-hybridized carbons (Fsp3) is 0.770. The van der Waals surface area contributed by atoms with E-state index in [2.05, 4.69) is 86.8 Å². The third kappa shape index (κ3) is 49.5. The number of ether oxygens (including phenoxy) is 1. The van der Waals surface area contributed by atoms with E-state index >= 15 is 0 Å². The van der Waals surface area contributed by atoms with E-state index in [9.17, 15) is 19.8 Å². The Balaban J connectivity index is 4.68. The van der Waals surface area contributed by atoms with E-state index in [-0.39, 0.29) is 24.9 Å². The summed E-state index contributed by atoms with van der Waals surface area (Å²) >= 11 is 0. The van der Waals surface area contributed by atoms with Gasteiger partial charge < -0.3 is 20.3 Å². The van der Waals surface area contributed by atoms with Gasteiger partial charge in [0, 0.05) is 6.42 Å². The van der Waals surface area contributed by atoms with Crippen LogP contribution in [0.25, 0.3) is 0 Å². The summed E-state index contributed by atoms with van der Waals surface area (Å²) in [6.45, 7) is 6.35. The number of unbranched alkanes of at least 4 members (excludes halogenated alkanes) is 29. The maximum Gasteiger partial charge on any atom is 0.306 e. The first-order valence-corrected chi connectivity index (χ1v) is 28.7. The third-order valence-corrected chi connectivity index (χ3v) is 12.8. The number of esters is 1. The lowest BCUT2D eigenvalue weighted by Gasteiger charge is -2.23. The van der Waals surface area contributed by atoms with Crippen molar-refractivity contribution in [2.24, 2.45) is 0 Å². The predicted octanol–water partition coefficient (Wildman–Crippen LogP) is 17.7. The van der Waals surface area contributed by atoms with Gasteiger partial charge in [0.25, 0.3) is 0 Å². The first-order chi connectivity index (χ1) is 33.0. The summed E-state index contributed by atoms with van der Waals surface area (Å²) in [7, 11) is 0. The highest BCUT2D eigenvalue weighted by atomic mass is 16.5. The molecule has 0 aliphatic heterocycles. The second kappa shape index (κ2) is 54.2. The van der Waals surface area contributed by atoms with Gasteiger partial charge >= 0.3 is 5.97 Å². The number of hydrogen-bond acceptors (Lipinski definition) is 5. The zero-order chi connectivity index (χ0) is 48.8. The monoisotopic (exact) mass is 936 g/mol. The zero-order valence-corrected chi connectivity index (χ0v) is 44.3. The summed E-state index contributed by atoms with van der Waals surface area (Å²) < 4.78 is 5.85. The molecule has 0 aromatic rings. The van der Waals surface area contributed by atoms with Crippen LogP contribution in [0.1, 0.15) is 278 Å². The molecule has 0 aromatic heterocycles. The Morgan fingerprint density at radius 2 is 0.776 bits per heavy atom. The fourth-order valence-corrected chi connectivity index (χ4v) is 8.49. The highest BCUT2D eigenvalue weighted by molar-refractivity contribution is 5.78. The van der Waals surface area contributed by atoms with Crippen molar-refractivity contribution in [3.8, 4) is 0 Å². The van der Waals surface area contributed by atoms with Gasteiger partial charge in [-0.3, -0.25) is 9.59 Å². The number of carbonyl (C=O) groups is 2. The van der Waals surface area contributed by atoms with Crippen LogP contribution >= 0.6 is 0 Å². The van der Waals surface area contributed by atoms with E-state index in [1.54, 1.807) is 0 Å². The van der Waals surface area contributed by atoms with Crippen molar-refractivity contribution in [1.82, 2.24) is 5.32 Å². The highest BCUT2D eigenvalue weighted by Gasteiger charge is 2.23. The molecule has 67 heavy (non-hydrogen) atoms. The normalized spacial score (nSPS) is 13.7. The van der Waals surface area contributed by atoms with Crippen LogP contribution < -0.4 is 5.32 Å². The van der Waals surface area contributed by atoms with Crippen LogP contribution in [0.4, 0.5) is 0 Å². The molecule has 0 heterocycles. The van der Waals surface area contributed by atoms with Crippen molar-refractivity contribution < 1.29 is 24.5 Å². The summed E-state index contributed by atoms with van der Waals surface area (Å²) in [6, 6.07) is -0.744. The second-order valence-electron chi connectivity index (χ2n) is 19.3. The summed E-state index contributed by atoms with van der Waals surface area (Å²) in [5, 5.41) is 23.8. The van der Waals surface area contributed by atoms with Crippen molar-refractivity contribution in [3.05, 3.63) is 72.9 Å². The van der Waals surface area contributed by atoms with Crippen molar-refractivity contribution in [2.45, 2.75) is 296 Å². The molecule has 0 aliphatic carbocycles. The third-order valence-electron chi connectivity index (χ3n) is 12.8. The number of allylic oxidation sites excluding steroid dienone is 11. The molecule has 0 bridgehead atoms. The molecule has 0 radical (unpaired) electrons. The molecule has 388 valence electrons. The average molecular weight is 937 g/mol. The molecule has 0 rings (SSSR count). The molecule has 3 unspecified atom stereocenters. The Morgan fingerprint density at radius 1 is 0.448 bits per heavy atom. The van der Waals surface area contributed by atoms with Crippen LogP contribution in [-0.2, 0) is 14.3 Å². The van der Waals surface area contributed by atoms with Gasteiger partial charge in [0.05, 0.1) is 25.2 Å². The number of carbonyl (C=O) groups excluding carboxylic acids is 2. The number of aliphatic hydroxyl groups is 2. The van der Waals surface area contributed by atoms with E-state index in [4.69, 9.17) is 4.74 Å². The standard InChI is InChI=1S/C61H109NO5/c1-4-7-10-13-16-19-22-25-27-29-30-32-34-36-39-42-45-48-51-54-61(66)67-57(52-49-46-43-40-37-35-33-31-28-26-23-20-17-14-11-8-5-2)55-60(65)62-58(56-63)59(64)53-50-47-44-41-38-24-21-18-15-12-9-6-3/h8,11,17,20,26,28,33,35,40,43,49,52,57-59,63-64H,4-7,9-10,12-16,18-19,21-25,27,29-32,34,36-39,41-42,44-48,50-51,53-56H2,1-3H3,(H,62,65)/b11-8-,20-17-,28-26-,35-33-,43-40-,52-49-. The molecule has 6 heteroatoms. The molecule has 0 fully saturated rings. The van der Waals surface area contributed by atoms with Gasteiger partial charge in [0.2, 0.25) is 5.91 Å². The lowest BCUT2D eigenvalue weighted by Crippen LogP contribution is -2.46. The summed E-state index contributed by atoms with van der Waals surface area (Å²) in [6.07, 6.45) is 70.0. The minimum Gasteiger partial charge on any atom is -0.458 e. The number of rotatable bonds is 51. The van der Waals surface area contributed by atoms with Crippen LogP contribution in [0.5, 0.6) is 0 Å². The van der Waals surface area contributed by atoms with Gasteiger partial charge in [-0.05, 0) is 57.4 Å². The van der Waals surface area contributed by atoms with Crippen LogP contribution in [0.2, 0.25) is 0 Å². The van der Waals surface area contributed by atoms with E-state index < -0.39 is 18.2 Å². The van der Waals surface area contributed by atoms with E-state index in [0.717, 1.165) is 70.6 Å². The Labute approximate surface area is 415 Å². The van der Waals surface area contributed by atoms with Crippen molar-refractivity contribution >= 4 is 11.9 Å². The number of aliphatic hydroxyl groups excluding tert-OH is 2. The fourth-order valence-electron chi connectivity index (χ4n) is 8.49. The van der Waals surface area contributed by atoms with Crippen LogP contribution in [0, 0.1) is 0 Å². The molecule has 0 aliphatic rings. The molecule has 3 atom stereocenters. The number of amides is 1. The first kappa shape index (κ1) is 64.3. The number of nitrogens with one attached hydrogen (secondary N) is 1. The van der Waals surface area contributed by atoms with Crippen LogP contribution in [0.3, 0.4) is 0 Å². The Kier molecular flexibility index (Phi) is 52.1. The van der Waals surface area contributed by atoms with Gasteiger partial charge in [-0.1, -0.05) is 280 Å². The van der Waals surface area contributed by atoms with Crippen molar-refractivity contribution in [2.75, 3.05) is 6.61 Å². The van der Waals surface area contributed by atoms with Crippen LogP contribution in [-0.4, -0.2) is 46.9 Å². The van der Waals surface area contributed by atoms with Crippen LogP contribution in [0.15, 0.2) is 72.9 Å². The zero-order valence-electron chi connectivity index (χ0n) is 44.3. The van der Waals surface area contributed by atoms with Gasteiger partial charge in [-0.15, -0.1) is 0 Å². The Morgan fingerprint density at radius 3 is 1.13 bits per heavy atom. The van der Waals surface area contributed by atoms with E-state index in [1.807, 2.05) is 12.2 Å². The topological polar surface area (TPSA) is 95.9 Å². The second-order valence-corrected chi connectivity index (χ2v) is 19.3. The average Bonchev–Trinajstić information content (AvgIpc) is 3.32. The molecule has 0 aromatic carbocycles. The molecular weight excluding hydrogens is 827 g/mol. The molecule has 6 nitrogen and oxygen atoms in total. The molecule has 1 amide bonds. The highest BCUT2D eigenvalue weighted by Crippen LogP contribution is 2.17. The Bertz CT molecular complexity index is 1230. The maximum absolute atomic E-state index is 13.2. The first-order valence-electron chi connectivity index (χ1n) is 28.7. The van der Waals surface area contributed by atoms with Crippen molar-refractivity contribution in [3.63, 3.8) is 0 Å². The number of hydrogen-bond donors (Lipinski definition) is 3. The van der Waals surface area contributed by atoms with Gasteiger partial charge in [0.1, 0.15) is 6.10 Å². The molecule has 0 spiro atoms. The summed E-state index contributed by atoms with van der Waals surface area (Å²) in [5.74, 6) is -0.622. The molecule has 0 saturated carbocycles. The summed E-state index contributed by atoms with van der Waals surface area (Å²) in [5.41, 5.74) is 0. The van der Waals surface area contributed by atoms with Gasteiger partial charge in [-0.25, -0.2) is 0 Å². The minimum absolute atomic E-state index is 0.0467. The van der Waals surface area contributed by atoms with Gasteiger partial charge in [-0.2, -0.15) is 0 Å². The molecular formula is C61H109NO5.